The maximum absolute atomic E-state index is 11.9. The second kappa shape index (κ2) is 4.73. The Labute approximate surface area is 114 Å². The fourth-order valence-corrected chi connectivity index (χ4v) is 4.15. The first-order chi connectivity index (χ1) is 7.94. The van der Waals surface area contributed by atoms with Crippen molar-refractivity contribution >= 4 is 33.2 Å². The molecule has 0 spiro atoms. The number of thiophene rings is 1. The van der Waals surface area contributed by atoms with Crippen LogP contribution in [0.4, 0.5) is 0 Å². The summed E-state index contributed by atoms with van der Waals surface area (Å²) in [5.74, 6) is -0.167. The van der Waals surface area contributed by atoms with Crippen LogP contribution in [0.15, 0.2) is 3.79 Å². The SMILES string of the molecule is CCOC(=O)c1sc(Br)c2c1CCC(C)(C)C2. The summed E-state index contributed by atoms with van der Waals surface area (Å²) in [4.78, 5) is 12.7. The molecule has 1 aromatic heterocycles. The summed E-state index contributed by atoms with van der Waals surface area (Å²) in [5, 5.41) is 0. The molecule has 1 heterocycles. The molecule has 1 aliphatic carbocycles. The quantitative estimate of drug-likeness (QED) is 0.764. The van der Waals surface area contributed by atoms with E-state index in [9.17, 15) is 4.79 Å². The first-order valence-electron chi connectivity index (χ1n) is 5.92. The zero-order chi connectivity index (χ0) is 12.6. The number of rotatable bonds is 2. The average molecular weight is 317 g/mol. The van der Waals surface area contributed by atoms with Crippen LogP contribution in [0.2, 0.25) is 0 Å². The zero-order valence-corrected chi connectivity index (χ0v) is 12.8. The monoisotopic (exact) mass is 316 g/mol. The van der Waals surface area contributed by atoms with E-state index in [1.54, 1.807) is 0 Å². The van der Waals surface area contributed by atoms with Crippen molar-refractivity contribution in [1.82, 2.24) is 0 Å². The van der Waals surface area contributed by atoms with Gasteiger partial charge in [-0.3, -0.25) is 0 Å². The second-order valence-electron chi connectivity index (χ2n) is 5.22. The third-order valence-electron chi connectivity index (χ3n) is 3.24. The predicted molar refractivity (Wildman–Crippen MR) is 73.8 cm³/mol. The van der Waals surface area contributed by atoms with E-state index in [2.05, 4.69) is 29.8 Å². The third-order valence-corrected chi connectivity index (χ3v) is 5.24. The van der Waals surface area contributed by atoms with Crippen molar-refractivity contribution < 1.29 is 9.53 Å². The van der Waals surface area contributed by atoms with Crippen LogP contribution in [0.1, 0.15) is 48.0 Å². The molecule has 94 valence electrons. The Morgan fingerprint density at radius 1 is 1.47 bits per heavy atom. The number of carbonyl (C=O) groups is 1. The van der Waals surface area contributed by atoms with Crippen molar-refractivity contribution in [2.45, 2.75) is 40.0 Å². The van der Waals surface area contributed by atoms with Gasteiger partial charge in [0.2, 0.25) is 0 Å². The molecule has 1 aliphatic rings. The third kappa shape index (κ3) is 2.58. The van der Waals surface area contributed by atoms with Gasteiger partial charge in [0.15, 0.2) is 0 Å². The van der Waals surface area contributed by atoms with Crippen molar-refractivity contribution in [3.8, 4) is 0 Å². The van der Waals surface area contributed by atoms with E-state index in [0.29, 0.717) is 12.0 Å². The fraction of sp³-hybridized carbons (Fsp3) is 0.615. The van der Waals surface area contributed by atoms with Gasteiger partial charge in [-0.25, -0.2) is 4.79 Å². The molecule has 0 unspecified atom stereocenters. The van der Waals surface area contributed by atoms with Gasteiger partial charge in [-0.2, -0.15) is 0 Å². The minimum absolute atomic E-state index is 0.167. The lowest BCUT2D eigenvalue weighted by Gasteiger charge is -2.30. The van der Waals surface area contributed by atoms with Crippen LogP contribution >= 0.6 is 27.3 Å². The molecular weight excluding hydrogens is 300 g/mol. The van der Waals surface area contributed by atoms with E-state index in [1.165, 1.54) is 22.5 Å². The lowest BCUT2D eigenvalue weighted by Crippen LogP contribution is -2.22. The van der Waals surface area contributed by atoms with Gasteiger partial charge >= 0.3 is 5.97 Å². The minimum atomic E-state index is -0.167. The van der Waals surface area contributed by atoms with Gasteiger partial charge in [-0.05, 0) is 58.7 Å². The number of hydrogen-bond donors (Lipinski definition) is 0. The molecule has 0 saturated heterocycles. The molecule has 0 saturated carbocycles. The summed E-state index contributed by atoms with van der Waals surface area (Å²) >= 11 is 5.11. The smallest absolute Gasteiger partial charge is 0.348 e. The van der Waals surface area contributed by atoms with Gasteiger partial charge < -0.3 is 4.74 Å². The molecule has 0 fully saturated rings. The van der Waals surface area contributed by atoms with Crippen molar-refractivity contribution in [1.29, 1.82) is 0 Å². The first-order valence-corrected chi connectivity index (χ1v) is 7.52. The highest BCUT2D eigenvalue weighted by atomic mass is 79.9. The Balaban J connectivity index is 2.37. The maximum atomic E-state index is 11.9. The highest BCUT2D eigenvalue weighted by Crippen LogP contribution is 2.43. The summed E-state index contributed by atoms with van der Waals surface area (Å²) < 4.78 is 6.21. The average Bonchev–Trinajstić information content (AvgIpc) is 2.55. The molecule has 0 atom stereocenters. The van der Waals surface area contributed by atoms with E-state index < -0.39 is 0 Å². The van der Waals surface area contributed by atoms with Crippen LogP contribution in [0, 0.1) is 5.41 Å². The molecule has 2 rings (SSSR count). The van der Waals surface area contributed by atoms with E-state index in [4.69, 9.17) is 4.74 Å². The Bertz CT molecular complexity index is 449. The number of halogens is 1. The lowest BCUT2D eigenvalue weighted by atomic mass is 9.75. The Hall–Kier alpha value is -0.350. The molecule has 17 heavy (non-hydrogen) atoms. The predicted octanol–water partition coefficient (Wildman–Crippen LogP) is 4.20. The first kappa shape index (κ1) is 13.1. The van der Waals surface area contributed by atoms with Gasteiger partial charge in [0, 0.05) is 0 Å². The minimum Gasteiger partial charge on any atom is -0.462 e. The molecule has 0 N–H and O–H groups in total. The van der Waals surface area contributed by atoms with Gasteiger partial charge in [-0.15, -0.1) is 11.3 Å². The number of hydrogen-bond acceptors (Lipinski definition) is 3. The number of esters is 1. The Morgan fingerprint density at radius 2 is 2.18 bits per heavy atom. The van der Waals surface area contributed by atoms with Crippen molar-refractivity contribution in [3.63, 3.8) is 0 Å². The molecule has 4 heteroatoms. The zero-order valence-electron chi connectivity index (χ0n) is 10.4. The number of carbonyl (C=O) groups excluding carboxylic acids is 1. The summed E-state index contributed by atoms with van der Waals surface area (Å²) in [6.07, 6.45) is 3.16. The van der Waals surface area contributed by atoms with Crippen LogP contribution in [-0.2, 0) is 17.6 Å². The van der Waals surface area contributed by atoms with Crippen LogP contribution < -0.4 is 0 Å². The van der Waals surface area contributed by atoms with E-state index >= 15 is 0 Å². The van der Waals surface area contributed by atoms with Gasteiger partial charge in [0.1, 0.15) is 4.88 Å². The molecule has 0 radical (unpaired) electrons. The Morgan fingerprint density at radius 3 is 2.82 bits per heavy atom. The van der Waals surface area contributed by atoms with Gasteiger partial charge in [0.05, 0.1) is 10.4 Å². The van der Waals surface area contributed by atoms with Crippen molar-refractivity contribution in [3.05, 3.63) is 19.8 Å². The van der Waals surface area contributed by atoms with E-state index in [-0.39, 0.29) is 5.97 Å². The highest BCUT2D eigenvalue weighted by molar-refractivity contribution is 9.11. The second-order valence-corrected chi connectivity index (χ2v) is 7.56. The van der Waals surface area contributed by atoms with Crippen LogP contribution in [0.5, 0.6) is 0 Å². The van der Waals surface area contributed by atoms with E-state index in [0.717, 1.165) is 27.9 Å². The summed E-state index contributed by atoms with van der Waals surface area (Å²) in [7, 11) is 0. The summed E-state index contributed by atoms with van der Waals surface area (Å²) in [5.41, 5.74) is 2.86. The highest BCUT2D eigenvalue weighted by Gasteiger charge is 2.32. The standard InChI is InChI=1S/C13H17BrO2S/c1-4-16-12(15)10-8-5-6-13(2,3)7-9(8)11(14)17-10/h4-7H2,1-3H3. The lowest BCUT2D eigenvalue weighted by molar-refractivity contribution is 0.0530. The maximum Gasteiger partial charge on any atom is 0.348 e. The van der Waals surface area contributed by atoms with Gasteiger partial charge in [-0.1, -0.05) is 13.8 Å². The fourth-order valence-electron chi connectivity index (χ4n) is 2.30. The normalized spacial score (nSPS) is 17.6. The Kier molecular flexibility index (Phi) is 3.64. The van der Waals surface area contributed by atoms with Crippen LogP contribution in [0.3, 0.4) is 0 Å². The molecule has 0 amide bonds. The number of ether oxygens (including phenoxy) is 1. The molecular formula is C13H17BrO2S. The largest absolute Gasteiger partial charge is 0.462 e. The molecule has 2 nitrogen and oxygen atoms in total. The molecule has 0 bridgehead atoms. The summed E-state index contributed by atoms with van der Waals surface area (Å²) in [6.45, 7) is 6.85. The van der Waals surface area contributed by atoms with Crippen LogP contribution in [0.25, 0.3) is 0 Å². The van der Waals surface area contributed by atoms with E-state index in [1.807, 2.05) is 6.92 Å². The van der Waals surface area contributed by atoms with Gasteiger partial charge in [0.25, 0.3) is 0 Å². The number of fused-ring (bicyclic) bond motifs is 1. The molecule has 0 aliphatic heterocycles. The van der Waals surface area contributed by atoms with Crippen LogP contribution in [-0.4, -0.2) is 12.6 Å². The van der Waals surface area contributed by atoms with Crippen molar-refractivity contribution in [2.24, 2.45) is 5.41 Å². The molecule has 1 aromatic rings. The summed E-state index contributed by atoms with van der Waals surface area (Å²) in [6, 6.07) is 0. The van der Waals surface area contributed by atoms with Crippen molar-refractivity contribution in [2.75, 3.05) is 6.61 Å². The topological polar surface area (TPSA) is 26.3 Å². The molecule has 0 aromatic carbocycles.